The summed E-state index contributed by atoms with van der Waals surface area (Å²) in [6.45, 7) is 7.14. The van der Waals surface area contributed by atoms with Gasteiger partial charge in [-0.25, -0.2) is 0 Å². The molecule has 0 N–H and O–H groups in total. The van der Waals surface area contributed by atoms with Gasteiger partial charge in [-0.05, 0) is 13.8 Å². The first-order chi connectivity index (χ1) is 4.12. The molecule has 0 radical (unpaired) electrons. The predicted molar refractivity (Wildman–Crippen MR) is 36.8 cm³/mol. The molecule has 0 unspecified atom stereocenters. The van der Waals surface area contributed by atoms with Crippen molar-refractivity contribution in [2.24, 2.45) is 5.41 Å². The molecule has 0 fully saturated rings. The summed E-state index contributed by atoms with van der Waals surface area (Å²) in [5.41, 5.74) is -0.792. The van der Waals surface area contributed by atoms with Crippen LogP contribution < -0.4 is 0 Å². The largest absolute Gasteiger partial charge is 0.302 e. The third-order valence-electron chi connectivity index (χ3n) is 0.583. The molecule has 2 nitrogen and oxygen atoms in total. The Balaban J connectivity index is 0. The van der Waals surface area contributed by atoms with E-state index in [0.29, 0.717) is 6.29 Å². The van der Waals surface area contributed by atoms with Crippen molar-refractivity contribution in [3.8, 4) is 6.07 Å². The quantitative estimate of drug-likeness (QED) is 0.503. The van der Waals surface area contributed by atoms with Crippen LogP contribution in [0.4, 0.5) is 0 Å². The highest BCUT2D eigenvalue weighted by Gasteiger charge is 2.12. The number of carbonyl (C=O) groups excluding carboxylic acids is 1. The van der Waals surface area contributed by atoms with E-state index in [-0.39, 0.29) is 0 Å². The van der Waals surface area contributed by atoms with Crippen LogP contribution in [0.5, 0.6) is 0 Å². The minimum atomic E-state index is -0.792. The Morgan fingerprint density at radius 3 is 1.78 bits per heavy atom. The Morgan fingerprint density at radius 2 is 1.78 bits per heavy atom. The Bertz CT molecular complexity index is 111. The van der Waals surface area contributed by atoms with Gasteiger partial charge in [-0.15, -0.1) is 0 Å². The molecule has 0 spiro atoms. The van der Waals surface area contributed by atoms with E-state index in [1.54, 1.807) is 13.8 Å². The molecule has 0 saturated carbocycles. The number of hydrogen-bond acceptors (Lipinski definition) is 2. The molecule has 0 heterocycles. The highest BCUT2D eigenvalue weighted by molar-refractivity contribution is 5.62. The first-order valence-corrected chi connectivity index (χ1v) is 3.00. The fourth-order valence-corrected chi connectivity index (χ4v) is 0.0264. The average Bonchev–Trinajstić information content (AvgIpc) is 1.93. The van der Waals surface area contributed by atoms with Crippen molar-refractivity contribution in [2.75, 3.05) is 0 Å². The number of rotatable bonds is 1. The molecule has 0 aliphatic rings. The van der Waals surface area contributed by atoms with E-state index in [9.17, 15) is 4.79 Å². The Hall–Kier alpha value is -0.840. The number of nitrogens with zero attached hydrogens (tertiary/aromatic N) is 1. The monoisotopic (exact) mass is 127 g/mol. The molecule has 0 aliphatic carbocycles. The zero-order chi connectivity index (χ0) is 7.91. The van der Waals surface area contributed by atoms with Crippen LogP contribution in [0.1, 0.15) is 27.7 Å². The van der Waals surface area contributed by atoms with Crippen LogP contribution in [-0.2, 0) is 4.79 Å². The summed E-state index contributed by atoms with van der Waals surface area (Å²) < 4.78 is 0. The minimum Gasteiger partial charge on any atom is -0.302 e. The van der Waals surface area contributed by atoms with E-state index < -0.39 is 5.41 Å². The summed E-state index contributed by atoms with van der Waals surface area (Å²) in [5, 5.41) is 8.11. The standard InChI is InChI=1S/C5H7NO.C2H6/c1-5(2,3-6)4-7;1-2/h4H,1-2H3;1-2H3. The van der Waals surface area contributed by atoms with Gasteiger partial charge < -0.3 is 4.79 Å². The van der Waals surface area contributed by atoms with E-state index in [4.69, 9.17) is 5.26 Å². The van der Waals surface area contributed by atoms with Crippen LogP contribution >= 0.6 is 0 Å². The highest BCUT2D eigenvalue weighted by Crippen LogP contribution is 2.06. The van der Waals surface area contributed by atoms with Crippen molar-refractivity contribution >= 4 is 6.29 Å². The SMILES string of the molecule is CC.CC(C)(C#N)C=O. The molecule has 0 aromatic rings. The summed E-state index contributed by atoms with van der Waals surface area (Å²) in [6, 6.07) is 1.82. The molecule has 52 valence electrons. The third kappa shape index (κ3) is 7.16. The molecule has 0 saturated heterocycles. The molecular weight excluding hydrogens is 114 g/mol. The van der Waals surface area contributed by atoms with Gasteiger partial charge >= 0.3 is 0 Å². The molecule has 2 heteroatoms. The zero-order valence-corrected chi connectivity index (χ0v) is 6.43. The maximum atomic E-state index is 9.84. The second-order valence-electron chi connectivity index (χ2n) is 1.95. The predicted octanol–water partition coefficient (Wildman–Crippen LogP) is 1.76. The second-order valence-corrected chi connectivity index (χ2v) is 1.95. The third-order valence-corrected chi connectivity index (χ3v) is 0.583. The summed E-state index contributed by atoms with van der Waals surface area (Å²) in [6.07, 6.45) is 0.632. The lowest BCUT2D eigenvalue weighted by molar-refractivity contribution is -0.112. The van der Waals surface area contributed by atoms with Crippen molar-refractivity contribution in [1.82, 2.24) is 0 Å². The Kier molecular flexibility index (Phi) is 6.49. The second kappa shape index (κ2) is 5.30. The van der Waals surface area contributed by atoms with Gasteiger partial charge in [0, 0.05) is 0 Å². The fraction of sp³-hybridized carbons (Fsp3) is 0.714. The van der Waals surface area contributed by atoms with Crippen LogP contribution in [0, 0.1) is 16.7 Å². The number of carbonyl (C=O) groups is 1. The summed E-state index contributed by atoms with van der Waals surface area (Å²) >= 11 is 0. The van der Waals surface area contributed by atoms with E-state index in [1.165, 1.54) is 0 Å². The van der Waals surface area contributed by atoms with E-state index >= 15 is 0 Å². The number of aldehydes is 1. The highest BCUT2D eigenvalue weighted by atomic mass is 16.1. The molecule has 0 bridgehead atoms. The fourth-order valence-electron chi connectivity index (χ4n) is 0.0264. The van der Waals surface area contributed by atoms with Crippen LogP contribution in [-0.4, -0.2) is 6.29 Å². The van der Waals surface area contributed by atoms with E-state index in [1.807, 2.05) is 19.9 Å². The summed E-state index contributed by atoms with van der Waals surface area (Å²) in [5.74, 6) is 0. The smallest absolute Gasteiger partial charge is 0.139 e. The van der Waals surface area contributed by atoms with Gasteiger partial charge in [0.05, 0.1) is 6.07 Å². The van der Waals surface area contributed by atoms with Gasteiger partial charge in [0.15, 0.2) is 0 Å². The molecule has 0 amide bonds. The van der Waals surface area contributed by atoms with E-state index in [0.717, 1.165) is 0 Å². The molecule has 0 aromatic heterocycles. The van der Waals surface area contributed by atoms with Gasteiger partial charge in [-0.2, -0.15) is 5.26 Å². The lowest BCUT2D eigenvalue weighted by Crippen LogP contribution is -2.07. The maximum absolute atomic E-state index is 9.84. The zero-order valence-electron chi connectivity index (χ0n) is 6.43. The topological polar surface area (TPSA) is 40.9 Å². The molecule has 0 rings (SSSR count). The Labute approximate surface area is 56.5 Å². The van der Waals surface area contributed by atoms with Crippen LogP contribution in [0.15, 0.2) is 0 Å². The van der Waals surface area contributed by atoms with Gasteiger partial charge in [-0.3, -0.25) is 0 Å². The molecule has 0 atom stereocenters. The maximum Gasteiger partial charge on any atom is 0.139 e. The molecular formula is C7H13NO. The first kappa shape index (κ1) is 11.0. The van der Waals surface area contributed by atoms with Crippen molar-refractivity contribution in [3.63, 3.8) is 0 Å². The molecule has 0 aliphatic heterocycles. The van der Waals surface area contributed by atoms with Crippen molar-refractivity contribution in [1.29, 1.82) is 5.26 Å². The molecule has 0 aromatic carbocycles. The average molecular weight is 127 g/mol. The summed E-state index contributed by atoms with van der Waals surface area (Å²) in [7, 11) is 0. The van der Waals surface area contributed by atoms with Gasteiger partial charge in [0.2, 0.25) is 0 Å². The van der Waals surface area contributed by atoms with Crippen LogP contribution in [0.25, 0.3) is 0 Å². The minimum absolute atomic E-state index is 0.632. The van der Waals surface area contributed by atoms with E-state index in [2.05, 4.69) is 0 Å². The van der Waals surface area contributed by atoms with Crippen LogP contribution in [0.2, 0.25) is 0 Å². The summed E-state index contributed by atoms with van der Waals surface area (Å²) in [4.78, 5) is 9.84. The lowest BCUT2D eigenvalue weighted by atomic mass is 9.99. The lowest BCUT2D eigenvalue weighted by Gasteiger charge is -1.99. The van der Waals surface area contributed by atoms with Crippen molar-refractivity contribution in [2.45, 2.75) is 27.7 Å². The van der Waals surface area contributed by atoms with Crippen molar-refractivity contribution in [3.05, 3.63) is 0 Å². The van der Waals surface area contributed by atoms with Gasteiger partial charge in [0.25, 0.3) is 0 Å². The van der Waals surface area contributed by atoms with Crippen LogP contribution in [0.3, 0.4) is 0 Å². The van der Waals surface area contributed by atoms with Gasteiger partial charge in [0.1, 0.15) is 11.7 Å². The number of hydrogen-bond donors (Lipinski definition) is 0. The number of nitriles is 1. The first-order valence-electron chi connectivity index (χ1n) is 3.00. The van der Waals surface area contributed by atoms with Gasteiger partial charge in [-0.1, -0.05) is 13.8 Å². The Morgan fingerprint density at radius 1 is 1.44 bits per heavy atom. The normalized spacial score (nSPS) is 8.33. The molecule has 9 heavy (non-hydrogen) atoms. The van der Waals surface area contributed by atoms with Crippen molar-refractivity contribution < 1.29 is 4.79 Å².